The molecule has 142 valence electrons. The average Bonchev–Trinajstić information content (AvgIpc) is 2.73. The molecule has 2 aromatic carbocycles. The molecule has 0 bridgehead atoms. The van der Waals surface area contributed by atoms with Gasteiger partial charge in [0.05, 0.1) is 5.97 Å². The van der Waals surface area contributed by atoms with Gasteiger partial charge < -0.3 is 20.1 Å². The molecule has 1 aliphatic heterocycles. The van der Waals surface area contributed by atoms with Crippen molar-refractivity contribution in [1.82, 2.24) is 0 Å². The summed E-state index contributed by atoms with van der Waals surface area (Å²) in [5.41, 5.74) is 2.29. The molecule has 1 N–H and O–H groups in total. The van der Waals surface area contributed by atoms with E-state index in [9.17, 15) is 20.0 Å². The molecule has 1 fully saturated rings. The third-order valence-electron chi connectivity index (χ3n) is 4.67. The van der Waals surface area contributed by atoms with Crippen LogP contribution in [-0.2, 0) is 4.79 Å². The number of amides is 1. The molecule has 0 spiro atoms. The van der Waals surface area contributed by atoms with E-state index in [0.717, 1.165) is 24.3 Å². The van der Waals surface area contributed by atoms with Gasteiger partial charge in [-0.05, 0) is 60.7 Å². The zero-order valence-corrected chi connectivity index (χ0v) is 15.4. The second-order valence-electron chi connectivity index (χ2n) is 6.63. The maximum atomic E-state index is 12.3. The number of nitriles is 1. The molecule has 0 aliphatic carbocycles. The highest BCUT2D eigenvalue weighted by atomic mass is 16.4. The van der Waals surface area contributed by atoms with Crippen LogP contribution in [0.2, 0.25) is 0 Å². The van der Waals surface area contributed by atoms with Gasteiger partial charge in [0.15, 0.2) is 0 Å². The van der Waals surface area contributed by atoms with Crippen molar-refractivity contribution in [2.45, 2.75) is 19.3 Å². The highest BCUT2D eigenvalue weighted by Gasteiger charge is 2.12. The molecule has 0 radical (unpaired) electrons. The molecule has 0 aromatic heterocycles. The molecular weight excluding hydrogens is 354 g/mol. The van der Waals surface area contributed by atoms with Gasteiger partial charge in [-0.25, -0.2) is 0 Å². The van der Waals surface area contributed by atoms with Crippen LogP contribution in [0, 0.1) is 11.3 Å². The largest absolute Gasteiger partial charge is 0.545 e. The Labute approximate surface area is 163 Å². The van der Waals surface area contributed by atoms with Gasteiger partial charge in [0.25, 0.3) is 5.91 Å². The second kappa shape index (κ2) is 8.87. The monoisotopic (exact) mass is 374 g/mol. The van der Waals surface area contributed by atoms with Crippen LogP contribution in [0.25, 0.3) is 6.08 Å². The number of carboxylic acid groups (broad SMARTS) is 1. The van der Waals surface area contributed by atoms with Gasteiger partial charge in [0, 0.05) is 24.5 Å². The maximum Gasteiger partial charge on any atom is 0.266 e. The number of anilines is 2. The third kappa shape index (κ3) is 4.77. The third-order valence-corrected chi connectivity index (χ3v) is 4.67. The molecule has 1 amide bonds. The minimum atomic E-state index is -1.29. The number of rotatable bonds is 5. The van der Waals surface area contributed by atoms with Crippen molar-refractivity contribution < 1.29 is 14.7 Å². The first-order chi connectivity index (χ1) is 13.6. The van der Waals surface area contributed by atoms with E-state index in [0.29, 0.717) is 5.69 Å². The van der Waals surface area contributed by atoms with Crippen LogP contribution in [0.3, 0.4) is 0 Å². The predicted molar refractivity (Wildman–Crippen MR) is 105 cm³/mol. The summed E-state index contributed by atoms with van der Waals surface area (Å²) in [6, 6.07) is 15.3. The van der Waals surface area contributed by atoms with Gasteiger partial charge in [0.2, 0.25) is 0 Å². The van der Waals surface area contributed by atoms with Crippen LogP contribution in [-0.4, -0.2) is 25.0 Å². The Kier molecular flexibility index (Phi) is 6.07. The number of nitrogens with zero attached hydrogens (tertiary/aromatic N) is 2. The molecule has 3 rings (SSSR count). The Balaban J connectivity index is 1.69. The van der Waals surface area contributed by atoms with E-state index in [2.05, 4.69) is 10.2 Å². The van der Waals surface area contributed by atoms with Crippen molar-refractivity contribution >= 4 is 29.3 Å². The van der Waals surface area contributed by atoms with E-state index in [4.69, 9.17) is 0 Å². The lowest BCUT2D eigenvalue weighted by molar-refractivity contribution is -0.255. The number of carbonyl (C=O) groups is 2. The first kappa shape index (κ1) is 19.2. The van der Waals surface area contributed by atoms with Crippen LogP contribution < -0.4 is 15.3 Å². The molecule has 6 heteroatoms. The number of hydrogen-bond acceptors (Lipinski definition) is 5. The molecule has 0 unspecified atom stereocenters. The zero-order chi connectivity index (χ0) is 19.9. The summed E-state index contributed by atoms with van der Waals surface area (Å²) >= 11 is 0. The molecule has 0 atom stereocenters. The van der Waals surface area contributed by atoms with Gasteiger partial charge in [-0.1, -0.05) is 24.3 Å². The molecule has 28 heavy (non-hydrogen) atoms. The zero-order valence-electron chi connectivity index (χ0n) is 15.4. The normalized spacial score (nSPS) is 14.2. The summed E-state index contributed by atoms with van der Waals surface area (Å²) in [6.07, 6.45) is 5.20. The predicted octanol–water partition coefficient (Wildman–Crippen LogP) is 2.59. The Bertz CT molecular complexity index is 919. The SMILES string of the molecule is N#C/C(=C\c1ccc(N2CCCCC2)cc1)C(=O)Nc1ccc(C(=O)[O-])cc1. The number of carboxylic acids is 1. The van der Waals surface area contributed by atoms with E-state index in [1.165, 1.54) is 49.6 Å². The molecular formula is C22H20N3O3-. The summed E-state index contributed by atoms with van der Waals surface area (Å²) in [7, 11) is 0. The highest BCUT2D eigenvalue weighted by molar-refractivity contribution is 6.09. The summed E-state index contributed by atoms with van der Waals surface area (Å²) < 4.78 is 0. The fourth-order valence-corrected chi connectivity index (χ4v) is 3.14. The number of piperidine rings is 1. The summed E-state index contributed by atoms with van der Waals surface area (Å²) in [6.45, 7) is 2.11. The van der Waals surface area contributed by atoms with Crippen LogP contribution in [0.5, 0.6) is 0 Å². The van der Waals surface area contributed by atoms with Crippen molar-refractivity contribution in [1.29, 1.82) is 5.26 Å². The van der Waals surface area contributed by atoms with Crippen molar-refractivity contribution in [3.05, 3.63) is 65.2 Å². The summed E-state index contributed by atoms with van der Waals surface area (Å²) in [5.74, 6) is -1.84. The van der Waals surface area contributed by atoms with Crippen LogP contribution in [0.1, 0.15) is 35.2 Å². The van der Waals surface area contributed by atoms with Gasteiger partial charge in [-0.15, -0.1) is 0 Å². The molecule has 6 nitrogen and oxygen atoms in total. The number of hydrogen-bond donors (Lipinski definition) is 1. The van der Waals surface area contributed by atoms with Gasteiger partial charge in [0.1, 0.15) is 11.6 Å². The number of nitrogens with one attached hydrogen (secondary N) is 1. The first-order valence-electron chi connectivity index (χ1n) is 9.16. The fraction of sp³-hybridized carbons (Fsp3) is 0.227. The van der Waals surface area contributed by atoms with E-state index in [1.54, 1.807) is 0 Å². The van der Waals surface area contributed by atoms with Crippen molar-refractivity contribution in [3.8, 4) is 6.07 Å². The lowest BCUT2D eigenvalue weighted by Crippen LogP contribution is -2.29. The van der Waals surface area contributed by atoms with Crippen molar-refractivity contribution in [2.75, 3.05) is 23.3 Å². The van der Waals surface area contributed by atoms with E-state index >= 15 is 0 Å². The number of aromatic carboxylic acids is 1. The fourth-order valence-electron chi connectivity index (χ4n) is 3.14. The van der Waals surface area contributed by atoms with Gasteiger partial charge >= 0.3 is 0 Å². The topological polar surface area (TPSA) is 96.3 Å². The first-order valence-corrected chi connectivity index (χ1v) is 9.16. The highest BCUT2D eigenvalue weighted by Crippen LogP contribution is 2.21. The number of carbonyl (C=O) groups excluding carboxylic acids is 2. The van der Waals surface area contributed by atoms with Crippen LogP contribution >= 0.6 is 0 Å². The van der Waals surface area contributed by atoms with Gasteiger partial charge in [-0.2, -0.15) is 5.26 Å². The molecule has 2 aromatic rings. The molecule has 1 saturated heterocycles. The maximum absolute atomic E-state index is 12.3. The smallest absolute Gasteiger partial charge is 0.266 e. The lowest BCUT2D eigenvalue weighted by atomic mass is 10.1. The Morgan fingerprint density at radius 3 is 2.21 bits per heavy atom. The van der Waals surface area contributed by atoms with Crippen LogP contribution in [0.15, 0.2) is 54.1 Å². The number of benzene rings is 2. The van der Waals surface area contributed by atoms with Crippen LogP contribution in [0.4, 0.5) is 11.4 Å². The Morgan fingerprint density at radius 1 is 1.00 bits per heavy atom. The molecule has 0 saturated carbocycles. The standard InChI is InChI=1S/C22H21N3O3/c23-15-18(21(26)24-19-8-6-17(7-9-19)22(27)28)14-16-4-10-20(11-5-16)25-12-2-1-3-13-25/h4-11,14H,1-3,12-13H2,(H,24,26)(H,27,28)/p-1/b18-14+. The quantitative estimate of drug-likeness (QED) is 0.641. The van der Waals surface area contributed by atoms with E-state index < -0.39 is 11.9 Å². The minimum absolute atomic E-state index is 0.0165. The van der Waals surface area contributed by atoms with Gasteiger partial charge in [-0.3, -0.25) is 4.79 Å². The summed E-state index contributed by atoms with van der Waals surface area (Å²) in [4.78, 5) is 25.4. The second-order valence-corrected chi connectivity index (χ2v) is 6.63. The van der Waals surface area contributed by atoms with E-state index in [1.807, 2.05) is 30.3 Å². The molecule has 1 heterocycles. The van der Waals surface area contributed by atoms with Crippen molar-refractivity contribution in [2.24, 2.45) is 0 Å². The lowest BCUT2D eigenvalue weighted by Gasteiger charge is -2.28. The summed E-state index contributed by atoms with van der Waals surface area (Å²) in [5, 5.41) is 22.7. The van der Waals surface area contributed by atoms with E-state index in [-0.39, 0.29) is 11.1 Å². The Hall–Kier alpha value is -3.59. The average molecular weight is 374 g/mol. The molecule has 1 aliphatic rings. The Morgan fingerprint density at radius 2 is 1.64 bits per heavy atom. The van der Waals surface area contributed by atoms with Crippen molar-refractivity contribution in [3.63, 3.8) is 0 Å². The minimum Gasteiger partial charge on any atom is -0.545 e.